The van der Waals surface area contributed by atoms with Crippen molar-refractivity contribution in [2.75, 3.05) is 26.2 Å². The topological polar surface area (TPSA) is 45.2 Å². The van der Waals surface area contributed by atoms with Crippen molar-refractivity contribution in [1.82, 2.24) is 15.2 Å². The summed E-state index contributed by atoms with van der Waals surface area (Å²) in [4.78, 5) is 19.2. The largest absolute Gasteiger partial charge is 0.335 e. The second kappa shape index (κ2) is 6.10. The maximum absolute atomic E-state index is 13.3. The average Bonchev–Trinajstić information content (AvgIpc) is 2.92. The van der Waals surface area contributed by atoms with Crippen LogP contribution in [0.25, 0.3) is 10.6 Å². The molecule has 2 heterocycles. The first-order valence-corrected chi connectivity index (χ1v) is 7.81. The summed E-state index contributed by atoms with van der Waals surface area (Å²) < 4.78 is 26.4. The van der Waals surface area contributed by atoms with Crippen LogP contribution in [0.15, 0.2) is 18.2 Å². The van der Waals surface area contributed by atoms with Crippen LogP contribution in [0.4, 0.5) is 8.78 Å². The van der Waals surface area contributed by atoms with E-state index in [-0.39, 0.29) is 5.91 Å². The number of amides is 1. The molecule has 1 amide bonds. The standard InChI is InChI=1S/C15H15F2N3OS/c1-9-13(15(21)20-6-4-18-5-7-20)22-14(19-9)10-2-3-11(16)12(17)8-10/h2-3,8,18H,4-7H2,1H3. The maximum Gasteiger partial charge on any atom is 0.265 e. The molecule has 3 rings (SSSR count). The number of nitrogens with one attached hydrogen (secondary N) is 1. The molecule has 0 saturated carbocycles. The predicted molar refractivity (Wildman–Crippen MR) is 81.0 cm³/mol. The number of thiazole rings is 1. The van der Waals surface area contributed by atoms with E-state index in [1.165, 1.54) is 17.4 Å². The molecular weight excluding hydrogens is 308 g/mol. The van der Waals surface area contributed by atoms with Crippen molar-refractivity contribution in [3.05, 3.63) is 40.4 Å². The van der Waals surface area contributed by atoms with Crippen LogP contribution < -0.4 is 5.32 Å². The first-order valence-electron chi connectivity index (χ1n) is 6.99. The normalized spacial score (nSPS) is 15.1. The molecule has 0 radical (unpaired) electrons. The fraction of sp³-hybridized carbons (Fsp3) is 0.333. The van der Waals surface area contributed by atoms with Gasteiger partial charge in [-0.05, 0) is 25.1 Å². The molecule has 0 unspecified atom stereocenters. The van der Waals surface area contributed by atoms with Crippen molar-refractivity contribution in [1.29, 1.82) is 0 Å². The summed E-state index contributed by atoms with van der Waals surface area (Å²) >= 11 is 1.22. The number of hydrogen-bond donors (Lipinski definition) is 1. The molecule has 0 aliphatic carbocycles. The summed E-state index contributed by atoms with van der Waals surface area (Å²) in [5.41, 5.74) is 1.10. The molecule has 0 spiro atoms. The molecule has 116 valence electrons. The number of rotatable bonds is 2. The zero-order chi connectivity index (χ0) is 15.7. The molecular formula is C15H15F2N3OS. The van der Waals surface area contributed by atoms with Gasteiger partial charge in [0.05, 0.1) is 5.69 Å². The maximum atomic E-state index is 13.3. The molecule has 0 atom stereocenters. The summed E-state index contributed by atoms with van der Waals surface area (Å²) in [6.07, 6.45) is 0. The molecule has 1 aromatic carbocycles. The van der Waals surface area contributed by atoms with Crippen molar-refractivity contribution in [2.45, 2.75) is 6.92 Å². The Hall–Kier alpha value is -1.86. The van der Waals surface area contributed by atoms with Crippen LogP contribution in [-0.2, 0) is 0 Å². The fourth-order valence-electron chi connectivity index (χ4n) is 2.36. The van der Waals surface area contributed by atoms with E-state index in [9.17, 15) is 13.6 Å². The van der Waals surface area contributed by atoms with Crippen molar-refractivity contribution >= 4 is 17.2 Å². The Morgan fingerprint density at radius 3 is 2.68 bits per heavy atom. The molecule has 1 aromatic heterocycles. The monoisotopic (exact) mass is 323 g/mol. The molecule has 0 bridgehead atoms. The van der Waals surface area contributed by atoms with Gasteiger partial charge in [-0.25, -0.2) is 13.8 Å². The average molecular weight is 323 g/mol. The van der Waals surface area contributed by atoms with E-state index >= 15 is 0 Å². The number of hydrogen-bond acceptors (Lipinski definition) is 4. The van der Waals surface area contributed by atoms with E-state index in [2.05, 4.69) is 10.3 Å². The summed E-state index contributed by atoms with van der Waals surface area (Å²) in [7, 11) is 0. The predicted octanol–water partition coefficient (Wildman–Crippen LogP) is 2.44. The fourth-order valence-corrected chi connectivity index (χ4v) is 3.39. The second-order valence-corrected chi connectivity index (χ2v) is 6.10. The lowest BCUT2D eigenvalue weighted by Gasteiger charge is -2.27. The lowest BCUT2D eigenvalue weighted by atomic mass is 10.2. The smallest absolute Gasteiger partial charge is 0.265 e. The van der Waals surface area contributed by atoms with E-state index in [0.29, 0.717) is 34.2 Å². The van der Waals surface area contributed by atoms with E-state index in [4.69, 9.17) is 0 Å². The summed E-state index contributed by atoms with van der Waals surface area (Å²) in [5.74, 6) is -1.86. The minimum absolute atomic E-state index is 0.0506. The van der Waals surface area contributed by atoms with Gasteiger partial charge in [0.25, 0.3) is 5.91 Å². The molecule has 2 aromatic rings. The van der Waals surface area contributed by atoms with Crippen molar-refractivity contribution in [3.8, 4) is 10.6 Å². The quantitative estimate of drug-likeness (QED) is 0.923. The second-order valence-electron chi connectivity index (χ2n) is 5.10. The lowest BCUT2D eigenvalue weighted by molar-refractivity contribution is 0.0739. The highest BCUT2D eigenvalue weighted by atomic mass is 32.1. The zero-order valence-electron chi connectivity index (χ0n) is 12.0. The van der Waals surface area contributed by atoms with Crippen LogP contribution >= 0.6 is 11.3 Å². The minimum Gasteiger partial charge on any atom is -0.335 e. The molecule has 1 aliphatic rings. The summed E-state index contributed by atoms with van der Waals surface area (Å²) in [6.45, 7) is 4.64. The van der Waals surface area contributed by atoms with Gasteiger partial charge in [0.15, 0.2) is 11.6 Å². The Morgan fingerprint density at radius 1 is 1.27 bits per heavy atom. The number of halogens is 2. The van der Waals surface area contributed by atoms with E-state index < -0.39 is 11.6 Å². The Kier molecular flexibility index (Phi) is 4.17. The van der Waals surface area contributed by atoms with Gasteiger partial charge in [-0.2, -0.15) is 0 Å². The molecule has 1 saturated heterocycles. The molecule has 4 nitrogen and oxygen atoms in total. The van der Waals surface area contributed by atoms with Gasteiger partial charge >= 0.3 is 0 Å². The first kappa shape index (κ1) is 15.1. The van der Waals surface area contributed by atoms with Crippen LogP contribution in [0.2, 0.25) is 0 Å². The summed E-state index contributed by atoms with van der Waals surface area (Å²) in [6, 6.07) is 3.64. The number of aryl methyl sites for hydroxylation is 1. The number of benzene rings is 1. The van der Waals surface area contributed by atoms with Gasteiger partial charge in [0, 0.05) is 31.7 Å². The summed E-state index contributed by atoms with van der Waals surface area (Å²) in [5, 5.41) is 3.72. The minimum atomic E-state index is -0.916. The van der Waals surface area contributed by atoms with Crippen LogP contribution in [0.3, 0.4) is 0 Å². The lowest BCUT2D eigenvalue weighted by Crippen LogP contribution is -2.46. The molecule has 1 aliphatic heterocycles. The number of nitrogens with zero attached hydrogens (tertiary/aromatic N) is 2. The zero-order valence-corrected chi connectivity index (χ0v) is 12.8. The highest BCUT2D eigenvalue weighted by Gasteiger charge is 2.23. The number of piperazine rings is 1. The van der Waals surface area contributed by atoms with E-state index in [0.717, 1.165) is 25.2 Å². The van der Waals surface area contributed by atoms with E-state index in [1.807, 2.05) is 0 Å². The van der Waals surface area contributed by atoms with E-state index in [1.54, 1.807) is 11.8 Å². The van der Waals surface area contributed by atoms with Gasteiger partial charge in [0.2, 0.25) is 0 Å². The van der Waals surface area contributed by atoms with Crippen molar-refractivity contribution in [2.24, 2.45) is 0 Å². The van der Waals surface area contributed by atoms with Crippen LogP contribution in [0.1, 0.15) is 15.4 Å². The Bertz CT molecular complexity index is 711. The van der Waals surface area contributed by atoms with Gasteiger partial charge < -0.3 is 10.2 Å². The van der Waals surface area contributed by atoms with Gasteiger partial charge in [0.1, 0.15) is 9.88 Å². The van der Waals surface area contributed by atoms with Gasteiger partial charge in [-0.1, -0.05) is 0 Å². The van der Waals surface area contributed by atoms with Crippen LogP contribution in [-0.4, -0.2) is 42.0 Å². The van der Waals surface area contributed by atoms with Gasteiger partial charge in [-0.3, -0.25) is 4.79 Å². The third-order valence-corrected chi connectivity index (χ3v) is 4.76. The molecule has 1 N–H and O–H groups in total. The van der Waals surface area contributed by atoms with Gasteiger partial charge in [-0.15, -0.1) is 11.3 Å². The highest BCUT2D eigenvalue weighted by molar-refractivity contribution is 7.17. The SMILES string of the molecule is Cc1nc(-c2ccc(F)c(F)c2)sc1C(=O)N1CCNCC1. The number of carbonyl (C=O) groups excluding carboxylic acids is 1. The molecule has 22 heavy (non-hydrogen) atoms. The molecule has 7 heteroatoms. The van der Waals surface area contributed by atoms with Crippen molar-refractivity contribution in [3.63, 3.8) is 0 Å². The van der Waals surface area contributed by atoms with Crippen molar-refractivity contribution < 1.29 is 13.6 Å². The Morgan fingerprint density at radius 2 is 2.00 bits per heavy atom. The first-order chi connectivity index (χ1) is 10.6. The van der Waals surface area contributed by atoms with Crippen LogP contribution in [0.5, 0.6) is 0 Å². The third kappa shape index (κ3) is 2.86. The number of aromatic nitrogens is 1. The molecule has 1 fully saturated rings. The van der Waals surface area contributed by atoms with Crippen LogP contribution in [0, 0.1) is 18.6 Å². The number of carbonyl (C=O) groups is 1. The highest BCUT2D eigenvalue weighted by Crippen LogP contribution is 2.29. The third-order valence-electron chi connectivity index (χ3n) is 3.56. The Labute approximate surface area is 130 Å². The Balaban J connectivity index is 1.89.